The molecule has 0 aliphatic carbocycles. The number of benzene rings is 2. The fraction of sp³-hybridized carbons (Fsp3) is 0.348. The molecule has 0 atom stereocenters. The second kappa shape index (κ2) is 11.6. The maximum Gasteiger partial charge on any atom is 0.407 e. The molecule has 166 valence electrons. The van der Waals surface area contributed by atoms with Crippen LogP contribution in [0.15, 0.2) is 54.6 Å². The van der Waals surface area contributed by atoms with Crippen LogP contribution < -0.4 is 20.7 Å². The largest absolute Gasteiger partial charge is 0.493 e. The van der Waals surface area contributed by atoms with Crippen molar-refractivity contribution in [2.75, 3.05) is 23.8 Å². The zero-order valence-electron chi connectivity index (χ0n) is 18.1. The maximum absolute atomic E-state index is 12.0. The van der Waals surface area contributed by atoms with Gasteiger partial charge in [0.1, 0.15) is 11.4 Å². The second-order valence-corrected chi connectivity index (χ2v) is 7.76. The highest BCUT2D eigenvalue weighted by Crippen LogP contribution is 2.14. The van der Waals surface area contributed by atoms with E-state index in [-0.39, 0.29) is 37.8 Å². The molecule has 8 heteroatoms. The lowest BCUT2D eigenvalue weighted by Gasteiger charge is -2.19. The van der Waals surface area contributed by atoms with E-state index < -0.39 is 11.7 Å². The molecular formula is C23H29N3O5. The van der Waals surface area contributed by atoms with Crippen LogP contribution in [0.2, 0.25) is 0 Å². The molecule has 0 heterocycles. The molecule has 31 heavy (non-hydrogen) atoms. The van der Waals surface area contributed by atoms with Crippen LogP contribution in [-0.2, 0) is 14.3 Å². The molecule has 3 amide bonds. The SMILES string of the molecule is CC(C)(C)OC(=O)NCCC(=O)Nc1ccc(NC(=O)CCOc2ccccc2)cc1. The van der Waals surface area contributed by atoms with E-state index in [1.165, 1.54) is 0 Å². The van der Waals surface area contributed by atoms with Gasteiger partial charge in [-0.2, -0.15) is 0 Å². The smallest absolute Gasteiger partial charge is 0.407 e. The summed E-state index contributed by atoms with van der Waals surface area (Å²) in [5, 5.41) is 8.05. The summed E-state index contributed by atoms with van der Waals surface area (Å²) in [4.78, 5) is 35.6. The van der Waals surface area contributed by atoms with Crippen LogP contribution in [0.3, 0.4) is 0 Å². The molecule has 2 rings (SSSR count). The van der Waals surface area contributed by atoms with Gasteiger partial charge in [0.15, 0.2) is 0 Å². The van der Waals surface area contributed by atoms with Crippen molar-refractivity contribution < 1.29 is 23.9 Å². The molecule has 0 aliphatic rings. The van der Waals surface area contributed by atoms with E-state index in [1.54, 1.807) is 45.0 Å². The van der Waals surface area contributed by atoms with Crippen LogP contribution >= 0.6 is 0 Å². The zero-order valence-corrected chi connectivity index (χ0v) is 18.1. The van der Waals surface area contributed by atoms with Crippen molar-refractivity contribution >= 4 is 29.3 Å². The van der Waals surface area contributed by atoms with E-state index in [4.69, 9.17) is 9.47 Å². The third-order valence-electron chi connectivity index (χ3n) is 3.81. The van der Waals surface area contributed by atoms with Crippen molar-refractivity contribution in [2.45, 2.75) is 39.2 Å². The van der Waals surface area contributed by atoms with Crippen LogP contribution in [0.25, 0.3) is 0 Å². The quantitative estimate of drug-likeness (QED) is 0.562. The predicted molar refractivity (Wildman–Crippen MR) is 119 cm³/mol. The summed E-state index contributed by atoms with van der Waals surface area (Å²) in [7, 11) is 0. The number of para-hydroxylation sites is 1. The van der Waals surface area contributed by atoms with Gasteiger partial charge in [-0.3, -0.25) is 9.59 Å². The Hall–Kier alpha value is -3.55. The molecule has 8 nitrogen and oxygen atoms in total. The molecule has 2 aromatic carbocycles. The molecule has 0 radical (unpaired) electrons. The monoisotopic (exact) mass is 427 g/mol. The zero-order chi connectivity index (χ0) is 22.7. The minimum Gasteiger partial charge on any atom is -0.493 e. The summed E-state index contributed by atoms with van der Waals surface area (Å²) < 4.78 is 10.6. The highest BCUT2D eigenvalue weighted by atomic mass is 16.6. The van der Waals surface area contributed by atoms with Crippen LogP contribution in [0.1, 0.15) is 33.6 Å². The number of hydrogen-bond donors (Lipinski definition) is 3. The van der Waals surface area contributed by atoms with Crippen LogP contribution in [0.5, 0.6) is 5.75 Å². The predicted octanol–water partition coefficient (Wildman–Crippen LogP) is 3.95. The molecule has 0 aromatic heterocycles. The fourth-order valence-corrected chi connectivity index (χ4v) is 2.45. The number of anilines is 2. The molecule has 0 saturated carbocycles. The molecule has 0 fully saturated rings. The van der Waals surface area contributed by atoms with Gasteiger partial charge in [0, 0.05) is 24.3 Å². The van der Waals surface area contributed by atoms with Crippen molar-refractivity contribution in [3.63, 3.8) is 0 Å². The first-order valence-electron chi connectivity index (χ1n) is 10.1. The van der Waals surface area contributed by atoms with E-state index in [2.05, 4.69) is 16.0 Å². The minimum atomic E-state index is -0.585. The minimum absolute atomic E-state index is 0.110. The first-order chi connectivity index (χ1) is 14.7. The van der Waals surface area contributed by atoms with Gasteiger partial charge in [-0.1, -0.05) is 18.2 Å². The Bertz CT molecular complexity index is 861. The average Bonchev–Trinajstić information content (AvgIpc) is 2.69. The summed E-state index contributed by atoms with van der Waals surface area (Å²) in [6.07, 6.45) is -0.230. The number of hydrogen-bond acceptors (Lipinski definition) is 5. The Labute approximate surface area is 182 Å². The molecule has 0 spiro atoms. The Balaban J connectivity index is 1.67. The molecular weight excluding hydrogens is 398 g/mol. The third kappa shape index (κ3) is 10.2. The van der Waals surface area contributed by atoms with Crippen molar-refractivity contribution in [3.05, 3.63) is 54.6 Å². The van der Waals surface area contributed by atoms with Gasteiger partial charge < -0.3 is 25.4 Å². The second-order valence-electron chi connectivity index (χ2n) is 7.76. The lowest BCUT2D eigenvalue weighted by molar-refractivity contribution is -0.117. The molecule has 0 unspecified atom stereocenters. The Kier molecular flexibility index (Phi) is 8.87. The highest BCUT2D eigenvalue weighted by molar-refractivity contribution is 5.93. The molecule has 3 N–H and O–H groups in total. The summed E-state index contributed by atoms with van der Waals surface area (Å²) >= 11 is 0. The first-order valence-corrected chi connectivity index (χ1v) is 10.1. The van der Waals surface area contributed by atoms with Gasteiger partial charge in [0.2, 0.25) is 11.8 Å². The van der Waals surface area contributed by atoms with Crippen LogP contribution in [-0.4, -0.2) is 36.7 Å². The van der Waals surface area contributed by atoms with E-state index in [0.717, 1.165) is 5.75 Å². The number of rotatable bonds is 9. The average molecular weight is 428 g/mol. The van der Waals surface area contributed by atoms with Gasteiger partial charge in [0.05, 0.1) is 13.0 Å². The van der Waals surface area contributed by atoms with Crippen molar-refractivity contribution in [3.8, 4) is 5.75 Å². The van der Waals surface area contributed by atoms with E-state index in [0.29, 0.717) is 11.4 Å². The van der Waals surface area contributed by atoms with Gasteiger partial charge in [-0.25, -0.2) is 4.79 Å². The van der Waals surface area contributed by atoms with Crippen molar-refractivity contribution in [2.24, 2.45) is 0 Å². The molecule has 0 saturated heterocycles. The topological polar surface area (TPSA) is 106 Å². The van der Waals surface area contributed by atoms with Crippen molar-refractivity contribution in [1.29, 1.82) is 0 Å². The van der Waals surface area contributed by atoms with Crippen molar-refractivity contribution in [1.82, 2.24) is 5.32 Å². The van der Waals surface area contributed by atoms with E-state index >= 15 is 0 Å². The lowest BCUT2D eigenvalue weighted by atomic mass is 10.2. The number of amides is 3. The number of ether oxygens (including phenoxy) is 2. The Morgan fingerprint density at radius 3 is 1.90 bits per heavy atom. The maximum atomic E-state index is 12.0. The summed E-state index contributed by atoms with van der Waals surface area (Å²) in [6.45, 7) is 5.75. The molecule has 2 aromatic rings. The van der Waals surface area contributed by atoms with Gasteiger partial charge in [-0.15, -0.1) is 0 Å². The lowest BCUT2D eigenvalue weighted by Crippen LogP contribution is -2.34. The van der Waals surface area contributed by atoms with Gasteiger partial charge in [0.25, 0.3) is 0 Å². The summed E-state index contributed by atoms with van der Waals surface area (Å²) in [6, 6.07) is 16.1. The van der Waals surface area contributed by atoms with E-state index in [1.807, 2.05) is 30.3 Å². The van der Waals surface area contributed by atoms with Crippen LogP contribution in [0.4, 0.5) is 16.2 Å². The first kappa shape index (κ1) is 23.7. The number of alkyl carbamates (subject to hydrolysis) is 1. The van der Waals surface area contributed by atoms with Gasteiger partial charge in [-0.05, 0) is 57.2 Å². The Morgan fingerprint density at radius 1 is 0.806 bits per heavy atom. The standard InChI is InChI=1S/C23H29N3O5/c1-23(2,3)31-22(29)24-15-13-20(27)25-17-9-11-18(12-10-17)26-21(28)14-16-30-19-7-5-4-6-8-19/h4-12H,13-16H2,1-3H3,(H,24,29)(H,25,27)(H,26,28). The number of carbonyl (C=O) groups excluding carboxylic acids is 3. The number of nitrogens with one attached hydrogen (secondary N) is 3. The summed E-state index contributed by atoms with van der Waals surface area (Å²) in [5.74, 6) is 0.309. The Morgan fingerprint density at radius 2 is 1.35 bits per heavy atom. The molecule has 0 aliphatic heterocycles. The number of carbonyl (C=O) groups is 3. The summed E-state index contributed by atoms with van der Waals surface area (Å²) in [5.41, 5.74) is 0.625. The van der Waals surface area contributed by atoms with E-state index in [9.17, 15) is 14.4 Å². The van der Waals surface area contributed by atoms with Gasteiger partial charge >= 0.3 is 6.09 Å². The normalized spacial score (nSPS) is 10.7. The molecule has 0 bridgehead atoms. The fourth-order valence-electron chi connectivity index (χ4n) is 2.45. The highest BCUT2D eigenvalue weighted by Gasteiger charge is 2.15. The van der Waals surface area contributed by atoms with Crippen LogP contribution in [0, 0.1) is 0 Å². The third-order valence-corrected chi connectivity index (χ3v) is 3.81.